The van der Waals surface area contributed by atoms with Crippen LogP contribution in [-0.2, 0) is 0 Å². The predicted octanol–water partition coefficient (Wildman–Crippen LogP) is 0.274. The Bertz CT molecular complexity index is 541. The van der Waals surface area contributed by atoms with Gasteiger partial charge < -0.3 is 5.73 Å². The number of halogens is 1. The number of nitrogen functional groups attached to an aromatic ring is 1. The number of rotatable bonds is 1. The second-order valence-electron chi connectivity index (χ2n) is 2.50. The molecule has 8 heteroatoms. The van der Waals surface area contributed by atoms with Crippen LogP contribution in [0.5, 0.6) is 0 Å². The Kier molecular flexibility index (Phi) is 2.31. The third kappa shape index (κ3) is 1.77. The van der Waals surface area contributed by atoms with Crippen LogP contribution in [0.2, 0.25) is 0 Å². The molecule has 7 nitrogen and oxygen atoms in total. The molecule has 0 radical (unpaired) electrons. The Morgan fingerprint density at radius 3 is 2.87 bits per heavy atom. The van der Waals surface area contributed by atoms with Crippen LogP contribution in [0.3, 0.4) is 0 Å². The molecule has 15 heavy (non-hydrogen) atoms. The SMILES string of the molecule is N#Cc1ccnc(-n2nc(N)nc2Br)n1. The molecule has 0 fully saturated rings. The lowest BCUT2D eigenvalue weighted by molar-refractivity contribution is 0.788. The van der Waals surface area contributed by atoms with Crippen molar-refractivity contribution in [3.05, 3.63) is 22.7 Å². The minimum absolute atomic E-state index is 0.104. The molecule has 0 aliphatic heterocycles. The van der Waals surface area contributed by atoms with E-state index in [0.717, 1.165) is 0 Å². The maximum atomic E-state index is 8.66. The van der Waals surface area contributed by atoms with Gasteiger partial charge in [-0.25, -0.2) is 9.97 Å². The van der Waals surface area contributed by atoms with E-state index in [0.29, 0.717) is 4.73 Å². The lowest BCUT2D eigenvalue weighted by Gasteiger charge is -1.98. The summed E-state index contributed by atoms with van der Waals surface area (Å²) in [5.74, 6) is 0.345. The summed E-state index contributed by atoms with van der Waals surface area (Å²) >= 11 is 3.15. The summed E-state index contributed by atoms with van der Waals surface area (Å²) in [5.41, 5.74) is 5.64. The van der Waals surface area contributed by atoms with Gasteiger partial charge in [0.25, 0.3) is 5.95 Å². The lowest BCUT2D eigenvalue weighted by Crippen LogP contribution is -2.04. The number of anilines is 1. The first-order valence-corrected chi connectivity index (χ1v) is 4.61. The van der Waals surface area contributed by atoms with Crippen LogP contribution in [0.4, 0.5) is 5.95 Å². The van der Waals surface area contributed by atoms with Crippen LogP contribution >= 0.6 is 15.9 Å². The number of hydrogen-bond donors (Lipinski definition) is 1. The highest BCUT2D eigenvalue weighted by Gasteiger charge is 2.09. The minimum Gasteiger partial charge on any atom is -0.366 e. The van der Waals surface area contributed by atoms with E-state index in [-0.39, 0.29) is 17.6 Å². The molecule has 74 valence electrons. The molecule has 0 saturated carbocycles. The minimum atomic E-state index is 0.104. The van der Waals surface area contributed by atoms with Gasteiger partial charge in [-0.2, -0.15) is 14.9 Å². The average Bonchev–Trinajstić information content (AvgIpc) is 2.58. The summed E-state index contributed by atoms with van der Waals surface area (Å²) < 4.78 is 1.69. The molecule has 2 heterocycles. The van der Waals surface area contributed by atoms with Gasteiger partial charge in [-0.1, -0.05) is 0 Å². The van der Waals surface area contributed by atoms with Crippen LogP contribution < -0.4 is 5.73 Å². The van der Waals surface area contributed by atoms with E-state index in [1.165, 1.54) is 16.9 Å². The van der Waals surface area contributed by atoms with Crippen molar-refractivity contribution in [2.24, 2.45) is 0 Å². The first-order chi connectivity index (χ1) is 7.20. The van der Waals surface area contributed by atoms with E-state index in [2.05, 4.69) is 36.0 Å². The zero-order valence-corrected chi connectivity index (χ0v) is 8.88. The number of nitrogens with two attached hydrogens (primary N) is 1. The zero-order valence-electron chi connectivity index (χ0n) is 7.29. The van der Waals surface area contributed by atoms with Crippen LogP contribution in [0, 0.1) is 11.3 Å². The fourth-order valence-corrected chi connectivity index (χ4v) is 1.37. The second kappa shape index (κ2) is 3.62. The van der Waals surface area contributed by atoms with Gasteiger partial charge in [0.15, 0.2) is 0 Å². The second-order valence-corrected chi connectivity index (χ2v) is 3.21. The first-order valence-electron chi connectivity index (χ1n) is 3.82. The molecular formula is C7H4BrN7. The van der Waals surface area contributed by atoms with Crippen LogP contribution in [-0.4, -0.2) is 24.7 Å². The number of hydrogen-bond acceptors (Lipinski definition) is 6. The molecule has 2 rings (SSSR count). The fourth-order valence-electron chi connectivity index (χ4n) is 0.948. The number of nitrogens with zero attached hydrogens (tertiary/aromatic N) is 6. The Labute approximate surface area is 92.7 Å². The van der Waals surface area contributed by atoms with Crippen molar-refractivity contribution in [1.82, 2.24) is 24.7 Å². The molecule has 0 aromatic carbocycles. The normalized spacial score (nSPS) is 9.87. The Morgan fingerprint density at radius 1 is 1.47 bits per heavy atom. The Hall–Kier alpha value is -2.01. The lowest BCUT2D eigenvalue weighted by atomic mass is 10.4. The van der Waals surface area contributed by atoms with Gasteiger partial charge in [0.2, 0.25) is 10.7 Å². The maximum Gasteiger partial charge on any atom is 0.254 e. The van der Waals surface area contributed by atoms with Gasteiger partial charge in [0.05, 0.1) is 0 Å². The van der Waals surface area contributed by atoms with Crippen molar-refractivity contribution in [3.63, 3.8) is 0 Å². The van der Waals surface area contributed by atoms with Gasteiger partial charge in [0, 0.05) is 6.20 Å². The van der Waals surface area contributed by atoms with Gasteiger partial charge in [-0.05, 0) is 22.0 Å². The summed E-state index contributed by atoms with van der Waals surface area (Å²) in [7, 11) is 0. The molecule has 2 aromatic heterocycles. The van der Waals surface area contributed by atoms with Gasteiger partial charge >= 0.3 is 0 Å². The van der Waals surface area contributed by atoms with E-state index in [1.54, 1.807) is 0 Å². The van der Waals surface area contributed by atoms with Crippen molar-refractivity contribution >= 4 is 21.9 Å². The molecule has 0 amide bonds. The summed E-state index contributed by atoms with van der Waals surface area (Å²) in [6.45, 7) is 0. The summed E-state index contributed by atoms with van der Waals surface area (Å²) in [6.07, 6.45) is 1.46. The fraction of sp³-hybridized carbons (Fsp3) is 0. The number of aromatic nitrogens is 5. The van der Waals surface area contributed by atoms with E-state index < -0.39 is 0 Å². The monoisotopic (exact) mass is 265 g/mol. The smallest absolute Gasteiger partial charge is 0.254 e. The first kappa shape index (κ1) is 9.54. The van der Waals surface area contributed by atoms with Gasteiger partial charge in [0.1, 0.15) is 11.8 Å². The largest absolute Gasteiger partial charge is 0.366 e. The van der Waals surface area contributed by atoms with Crippen molar-refractivity contribution < 1.29 is 0 Å². The summed E-state index contributed by atoms with van der Waals surface area (Å²) in [5, 5.41) is 12.5. The number of nitriles is 1. The van der Waals surface area contributed by atoms with Crippen LogP contribution in [0.25, 0.3) is 5.95 Å². The highest BCUT2D eigenvalue weighted by atomic mass is 79.9. The predicted molar refractivity (Wildman–Crippen MR) is 53.8 cm³/mol. The van der Waals surface area contributed by atoms with Crippen molar-refractivity contribution in [2.45, 2.75) is 0 Å². The Balaban J connectivity index is 2.55. The summed E-state index contributed by atoms with van der Waals surface area (Å²) in [6, 6.07) is 3.40. The standard InChI is InChI=1S/C7H4BrN7/c8-5-13-6(10)14-15(5)7-11-2-1-4(3-9)12-7/h1-2H,(H2,10,14). The molecule has 0 atom stereocenters. The van der Waals surface area contributed by atoms with Crippen LogP contribution in [0.15, 0.2) is 17.0 Å². The topological polar surface area (TPSA) is 106 Å². The van der Waals surface area contributed by atoms with E-state index in [4.69, 9.17) is 11.0 Å². The zero-order chi connectivity index (χ0) is 10.8. The Morgan fingerprint density at radius 2 is 2.27 bits per heavy atom. The average molecular weight is 266 g/mol. The van der Waals surface area contributed by atoms with Gasteiger partial charge in [-0.3, -0.25) is 0 Å². The summed E-state index contributed by atoms with van der Waals surface area (Å²) in [4.78, 5) is 11.7. The van der Waals surface area contributed by atoms with E-state index >= 15 is 0 Å². The molecule has 0 aliphatic rings. The van der Waals surface area contributed by atoms with E-state index in [1.807, 2.05) is 6.07 Å². The van der Waals surface area contributed by atoms with Crippen molar-refractivity contribution in [3.8, 4) is 12.0 Å². The molecular weight excluding hydrogens is 262 g/mol. The molecule has 0 aliphatic carbocycles. The third-order valence-corrected chi connectivity index (χ3v) is 2.04. The van der Waals surface area contributed by atoms with Gasteiger partial charge in [-0.15, -0.1) is 5.10 Å². The molecule has 0 unspecified atom stereocenters. The molecule has 0 saturated heterocycles. The molecule has 0 bridgehead atoms. The van der Waals surface area contributed by atoms with Crippen LogP contribution in [0.1, 0.15) is 5.69 Å². The quantitative estimate of drug-likeness (QED) is 0.794. The highest BCUT2D eigenvalue weighted by molar-refractivity contribution is 9.10. The molecule has 0 spiro atoms. The van der Waals surface area contributed by atoms with E-state index in [9.17, 15) is 0 Å². The highest BCUT2D eigenvalue weighted by Crippen LogP contribution is 2.11. The maximum absolute atomic E-state index is 8.66. The van der Waals surface area contributed by atoms with Crippen molar-refractivity contribution in [2.75, 3.05) is 5.73 Å². The van der Waals surface area contributed by atoms with Crippen molar-refractivity contribution in [1.29, 1.82) is 5.26 Å². The molecule has 2 aromatic rings. The third-order valence-electron chi connectivity index (χ3n) is 1.53. The molecule has 2 N–H and O–H groups in total.